The zero-order chi connectivity index (χ0) is 19.4. The van der Waals surface area contributed by atoms with E-state index in [2.05, 4.69) is 4.98 Å². The average Bonchev–Trinajstić information content (AvgIpc) is 2.87. The molecule has 0 spiro atoms. The largest absolute Gasteiger partial charge is 0.454 e. The molecule has 0 fully saturated rings. The van der Waals surface area contributed by atoms with Crippen LogP contribution in [0.2, 0.25) is 0 Å². The van der Waals surface area contributed by atoms with E-state index in [0.717, 1.165) is 10.5 Å². The lowest BCUT2D eigenvalue weighted by atomic mass is 10.0. The number of benzene rings is 1. The Kier molecular flexibility index (Phi) is 6.42. The number of thioether (sulfide) groups is 1. The second-order valence-corrected chi connectivity index (χ2v) is 7.25. The Morgan fingerprint density at radius 1 is 1.15 bits per heavy atom. The molecule has 0 saturated carbocycles. The Bertz CT molecular complexity index is 853. The molecule has 5 nitrogen and oxygen atoms in total. The van der Waals surface area contributed by atoms with Crippen LogP contribution >= 0.6 is 11.8 Å². The quantitative estimate of drug-likeness (QED) is 0.450. The van der Waals surface area contributed by atoms with Crippen molar-refractivity contribution in [3.05, 3.63) is 52.3 Å². The molecule has 0 bridgehead atoms. The summed E-state index contributed by atoms with van der Waals surface area (Å²) in [6.07, 6.45) is -0.920. The second kappa shape index (κ2) is 8.36. The maximum absolute atomic E-state index is 12.6. The first-order chi connectivity index (χ1) is 12.2. The molecule has 26 heavy (non-hydrogen) atoms. The molecule has 0 amide bonds. The highest BCUT2D eigenvalue weighted by atomic mass is 32.2. The van der Waals surface area contributed by atoms with Gasteiger partial charge in [-0.3, -0.25) is 14.4 Å². The molecule has 1 aromatic carbocycles. The number of nitrogens with one attached hydrogen (secondary N) is 1. The van der Waals surface area contributed by atoms with Crippen LogP contribution in [0.5, 0.6) is 0 Å². The Morgan fingerprint density at radius 3 is 2.38 bits per heavy atom. The number of ether oxygens (including phenoxy) is 1. The highest BCUT2D eigenvalue weighted by Gasteiger charge is 2.25. The second-order valence-electron chi connectivity index (χ2n) is 6.23. The van der Waals surface area contributed by atoms with E-state index >= 15 is 0 Å². The molecule has 6 heteroatoms. The van der Waals surface area contributed by atoms with Gasteiger partial charge in [-0.15, -0.1) is 11.8 Å². The number of aromatic amines is 1. The maximum Gasteiger partial charge on any atom is 0.316 e. The molecule has 1 heterocycles. The summed E-state index contributed by atoms with van der Waals surface area (Å²) in [5.74, 6) is -0.766. The van der Waals surface area contributed by atoms with E-state index in [9.17, 15) is 14.4 Å². The molecule has 1 N–H and O–H groups in total. The van der Waals surface area contributed by atoms with E-state index in [-0.39, 0.29) is 17.3 Å². The third-order valence-corrected chi connectivity index (χ3v) is 5.30. The standard InChI is InChI=1S/C20H23NO4S/c1-11-8-6-7-9-16(11)26-10-17(23)25-15(5)20(24)19-12(2)18(14(4)22)13(3)21-19/h6-9,15,21H,10H2,1-5H3/t15-/m0/s1. The number of carbonyl (C=O) groups is 3. The van der Waals surface area contributed by atoms with Gasteiger partial charge in [-0.2, -0.15) is 0 Å². The van der Waals surface area contributed by atoms with Crippen molar-refractivity contribution in [1.82, 2.24) is 4.98 Å². The van der Waals surface area contributed by atoms with Crippen LogP contribution in [0.25, 0.3) is 0 Å². The fourth-order valence-electron chi connectivity index (χ4n) is 2.87. The van der Waals surface area contributed by atoms with Gasteiger partial charge in [0, 0.05) is 16.2 Å². The predicted molar refractivity (Wildman–Crippen MR) is 102 cm³/mol. The Labute approximate surface area is 157 Å². The van der Waals surface area contributed by atoms with Gasteiger partial charge in [0.05, 0.1) is 11.4 Å². The van der Waals surface area contributed by atoms with Gasteiger partial charge < -0.3 is 9.72 Å². The smallest absolute Gasteiger partial charge is 0.316 e. The van der Waals surface area contributed by atoms with Crippen LogP contribution in [0.1, 0.15) is 51.5 Å². The van der Waals surface area contributed by atoms with E-state index in [4.69, 9.17) is 4.74 Å². The number of hydrogen-bond acceptors (Lipinski definition) is 5. The average molecular weight is 373 g/mol. The van der Waals surface area contributed by atoms with Gasteiger partial charge in [-0.1, -0.05) is 18.2 Å². The summed E-state index contributed by atoms with van der Waals surface area (Å²) in [4.78, 5) is 40.3. The normalized spacial score (nSPS) is 11.9. The minimum Gasteiger partial charge on any atom is -0.454 e. The number of Topliss-reactive ketones (excluding diaryl/α,β-unsaturated/α-hetero) is 2. The third-order valence-electron chi connectivity index (χ3n) is 4.15. The van der Waals surface area contributed by atoms with Crippen molar-refractivity contribution in [3.63, 3.8) is 0 Å². The van der Waals surface area contributed by atoms with E-state index in [1.807, 2.05) is 31.2 Å². The Hall–Kier alpha value is -2.34. The third kappa shape index (κ3) is 4.43. The highest BCUT2D eigenvalue weighted by Crippen LogP contribution is 2.23. The van der Waals surface area contributed by atoms with Crippen molar-refractivity contribution >= 4 is 29.3 Å². The van der Waals surface area contributed by atoms with Gasteiger partial charge in [0.2, 0.25) is 5.78 Å². The summed E-state index contributed by atoms with van der Waals surface area (Å²) in [5.41, 5.74) is 3.16. The van der Waals surface area contributed by atoms with Crippen LogP contribution in [0, 0.1) is 20.8 Å². The van der Waals surface area contributed by atoms with E-state index < -0.39 is 12.1 Å². The Balaban J connectivity index is 2.01. The fourth-order valence-corrected chi connectivity index (χ4v) is 3.68. The van der Waals surface area contributed by atoms with E-state index in [1.54, 1.807) is 20.8 Å². The molecule has 1 aromatic heterocycles. The summed E-state index contributed by atoms with van der Waals surface area (Å²) in [5, 5.41) is 0. The summed E-state index contributed by atoms with van der Waals surface area (Å²) in [6.45, 7) is 8.44. The minimum absolute atomic E-state index is 0.102. The van der Waals surface area contributed by atoms with Crippen LogP contribution in [0.4, 0.5) is 0 Å². The van der Waals surface area contributed by atoms with Gasteiger partial charge in [0.15, 0.2) is 11.9 Å². The van der Waals surface area contributed by atoms with Crippen molar-refractivity contribution in [2.45, 2.75) is 45.6 Å². The van der Waals surface area contributed by atoms with Gasteiger partial charge >= 0.3 is 5.97 Å². The van der Waals surface area contributed by atoms with E-state index in [1.165, 1.54) is 18.7 Å². The lowest BCUT2D eigenvalue weighted by molar-refractivity contribution is -0.143. The number of ketones is 2. The monoisotopic (exact) mass is 373 g/mol. The zero-order valence-electron chi connectivity index (χ0n) is 15.6. The van der Waals surface area contributed by atoms with Gasteiger partial charge in [0.1, 0.15) is 0 Å². The molecule has 0 aliphatic rings. The fraction of sp³-hybridized carbons (Fsp3) is 0.350. The number of aromatic nitrogens is 1. The first kappa shape index (κ1) is 20.0. The molecule has 0 aliphatic heterocycles. The molecule has 1 atom stereocenters. The zero-order valence-corrected chi connectivity index (χ0v) is 16.5. The molecule has 2 rings (SSSR count). The SMILES string of the molecule is CC(=O)c1c(C)[nH]c(C(=O)[C@H](C)OC(=O)CSc2ccccc2C)c1C. The van der Waals surface area contributed by atoms with Crippen molar-refractivity contribution in [1.29, 1.82) is 0 Å². The first-order valence-corrected chi connectivity index (χ1v) is 9.33. The summed E-state index contributed by atoms with van der Waals surface area (Å²) in [7, 11) is 0. The van der Waals surface area contributed by atoms with Crippen molar-refractivity contribution in [3.8, 4) is 0 Å². The number of carbonyl (C=O) groups excluding carboxylic acids is 3. The van der Waals surface area contributed by atoms with E-state index in [0.29, 0.717) is 22.5 Å². The van der Waals surface area contributed by atoms with Gasteiger partial charge in [0.25, 0.3) is 0 Å². The number of hydrogen-bond donors (Lipinski definition) is 1. The van der Waals surface area contributed by atoms with Crippen molar-refractivity contribution in [2.24, 2.45) is 0 Å². The Morgan fingerprint density at radius 2 is 1.81 bits per heavy atom. The number of rotatable bonds is 7. The predicted octanol–water partition coefficient (Wildman–Crippen LogP) is 4.05. The highest BCUT2D eigenvalue weighted by molar-refractivity contribution is 8.00. The number of esters is 1. The molecule has 0 radical (unpaired) electrons. The molecular formula is C20H23NO4S. The number of aryl methyl sites for hydroxylation is 2. The lowest BCUT2D eigenvalue weighted by Gasteiger charge is -2.12. The van der Waals surface area contributed by atoms with Crippen molar-refractivity contribution < 1.29 is 19.1 Å². The molecular weight excluding hydrogens is 350 g/mol. The molecule has 0 saturated heterocycles. The molecule has 0 unspecified atom stereocenters. The van der Waals surface area contributed by atoms with Crippen LogP contribution in [-0.2, 0) is 9.53 Å². The van der Waals surface area contributed by atoms with Crippen LogP contribution in [0.15, 0.2) is 29.2 Å². The lowest BCUT2D eigenvalue weighted by Crippen LogP contribution is -2.26. The summed E-state index contributed by atoms with van der Waals surface area (Å²) < 4.78 is 5.28. The first-order valence-electron chi connectivity index (χ1n) is 8.34. The number of H-pyrrole nitrogens is 1. The van der Waals surface area contributed by atoms with Crippen LogP contribution < -0.4 is 0 Å². The minimum atomic E-state index is -0.920. The van der Waals surface area contributed by atoms with Crippen LogP contribution in [-0.4, -0.2) is 34.4 Å². The maximum atomic E-state index is 12.6. The topological polar surface area (TPSA) is 76.2 Å². The molecule has 138 valence electrons. The van der Waals surface area contributed by atoms with Gasteiger partial charge in [-0.25, -0.2) is 0 Å². The summed E-state index contributed by atoms with van der Waals surface area (Å²) >= 11 is 1.38. The van der Waals surface area contributed by atoms with Crippen LogP contribution in [0.3, 0.4) is 0 Å². The van der Waals surface area contributed by atoms with Crippen molar-refractivity contribution in [2.75, 3.05) is 5.75 Å². The molecule has 2 aromatic rings. The summed E-state index contributed by atoms with van der Waals surface area (Å²) in [6, 6.07) is 7.77. The van der Waals surface area contributed by atoms with Gasteiger partial charge in [-0.05, 0) is 51.8 Å². The molecule has 0 aliphatic carbocycles.